The monoisotopic (exact) mass is 281 g/mol. The molecule has 0 heterocycles. The van der Waals surface area contributed by atoms with Crippen LogP contribution in [0, 0.1) is 0 Å². The summed E-state index contributed by atoms with van der Waals surface area (Å²) in [6, 6.07) is 9.24. The molecule has 0 aliphatic heterocycles. The lowest BCUT2D eigenvalue weighted by molar-refractivity contribution is 0.483. The van der Waals surface area contributed by atoms with Crippen molar-refractivity contribution in [3.8, 4) is 0 Å². The Labute approximate surface area is 113 Å². The van der Waals surface area contributed by atoms with Crippen LogP contribution in [0.5, 0.6) is 0 Å². The highest BCUT2D eigenvalue weighted by molar-refractivity contribution is 7.86. The van der Waals surface area contributed by atoms with Gasteiger partial charge in [0, 0.05) is 5.39 Å². The summed E-state index contributed by atoms with van der Waals surface area (Å²) in [5.74, 6) is 0. The second-order valence-corrected chi connectivity index (χ2v) is 5.61. The Balaban J connectivity index is 0.00000180. The van der Waals surface area contributed by atoms with Gasteiger partial charge >= 0.3 is 0 Å². The fourth-order valence-corrected chi connectivity index (χ4v) is 3.46. The summed E-state index contributed by atoms with van der Waals surface area (Å²) in [7, 11) is -4.20. The molecule has 2 aromatic rings. The smallest absolute Gasteiger partial charge is 0.295 e. The standard InChI is InChI=1S/C14H16O3S.H3N/c1-3-10-9-11-7-5-6-8-13(11)14(12(10)4-2)18(15,16)17;/h5-9H,3-4H2,1-2H3,(H,15,16,17);1H3. The van der Waals surface area contributed by atoms with E-state index in [-0.39, 0.29) is 11.0 Å². The lowest BCUT2D eigenvalue weighted by Crippen LogP contribution is -2.06. The number of rotatable bonds is 3. The maximum Gasteiger partial charge on any atom is 0.295 e. The van der Waals surface area contributed by atoms with Gasteiger partial charge in [-0.2, -0.15) is 8.42 Å². The van der Waals surface area contributed by atoms with Gasteiger partial charge in [-0.05, 0) is 29.4 Å². The highest BCUT2D eigenvalue weighted by Crippen LogP contribution is 2.30. The van der Waals surface area contributed by atoms with Crippen molar-refractivity contribution in [1.29, 1.82) is 0 Å². The van der Waals surface area contributed by atoms with Crippen LogP contribution in [0.15, 0.2) is 35.2 Å². The largest absolute Gasteiger partial charge is 0.344 e. The number of fused-ring (bicyclic) bond motifs is 1. The van der Waals surface area contributed by atoms with Crippen molar-refractivity contribution in [3.05, 3.63) is 41.5 Å². The number of hydrogen-bond donors (Lipinski definition) is 2. The minimum Gasteiger partial charge on any atom is -0.344 e. The summed E-state index contributed by atoms with van der Waals surface area (Å²) in [6.07, 6.45) is 1.33. The predicted octanol–water partition coefficient (Wildman–Crippen LogP) is 3.37. The van der Waals surface area contributed by atoms with Crippen LogP contribution in [0.1, 0.15) is 25.0 Å². The van der Waals surface area contributed by atoms with Gasteiger partial charge < -0.3 is 6.15 Å². The summed E-state index contributed by atoms with van der Waals surface area (Å²) < 4.78 is 32.8. The van der Waals surface area contributed by atoms with Crippen LogP contribution in [0.3, 0.4) is 0 Å². The molecule has 0 amide bonds. The first-order chi connectivity index (χ1) is 8.49. The molecular weight excluding hydrogens is 262 g/mol. The van der Waals surface area contributed by atoms with Crippen molar-refractivity contribution in [3.63, 3.8) is 0 Å². The molecule has 0 radical (unpaired) electrons. The average molecular weight is 281 g/mol. The van der Waals surface area contributed by atoms with Gasteiger partial charge in [-0.15, -0.1) is 0 Å². The lowest BCUT2D eigenvalue weighted by Gasteiger charge is -2.14. The Hall–Kier alpha value is -1.43. The lowest BCUT2D eigenvalue weighted by atomic mass is 9.97. The van der Waals surface area contributed by atoms with Gasteiger partial charge in [-0.3, -0.25) is 4.55 Å². The molecule has 0 aliphatic rings. The van der Waals surface area contributed by atoms with Crippen LogP contribution >= 0.6 is 0 Å². The van der Waals surface area contributed by atoms with E-state index >= 15 is 0 Å². The number of aryl methyl sites for hydroxylation is 1. The van der Waals surface area contributed by atoms with Crippen LogP contribution in [0.25, 0.3) is 10.8 Å². The van der Waals surface area contributed by atoms with Crippen LogP contribution in [0.2, 0.25) is 0 Å². The molecule has 0 bridgehead atoms. The highest BCUT2D eigenvalue weighted by atomic mass is 32.2. The molecule has 104 valence electrons. The van der Waals surface area contributed by atoms with Gasteiger partial charge in [0.05, 0.1) is 0 Å². The average Bonchev–Trinajstić information content (AvgIpc) is 2.34. The Bertz CT molecular complexity index is 693. The van der Waals surface area contributed by atoms with Crippen LogP contribution in [-0.2, 0) is 23.0 Å². The van der Waals surface area contributed by atoms with E-state index in [1.54, 1.807) is 12.1 Å². The summed E-state index contributed by atoms with van der Waals surface area (Å²) in [4.78, 5) is 0.0694. The zero-order chi connectivity index (χ0) is 13.3. The molecule has 19 heavy (non-hydrogen) atoms. The topological polar surface area (TPSA) is 89.4 Å². The van der Waals surface area contributed by atoms with Crippen molar-refractivity contribution in [2.24, 2.45) is 0 Å². The first-order valence-electron chi connectivity index (χ1n) is 6.00. The maximum atomic E-state index is 11.7. The fraction of sp³-hybridized carbons (Fsp3) is 0.286. The van der Waals surface area contributed by atoms with E-state index < -0.39 is 10.1 Å². The first kappa shape index (κ1) is 15.6. The van der Waals surface area contributed by atoms with Crippen molar-refractivity contribution in [2.75, 3.05) is 0 Å². The molecule has 0 spiro atoms. The first-order valence-corrected chi connectivity index (χ1v) is 7.44. The Morgan fingerprint density at radius 3 is 2.26 bits per heavy atom. The van der Waals surface area contributed by atoms with Crippen LogP contribution < -0.4 is 6.15 Å². The van der Waals surface area contributed by atoms with Crippen molar-refractivity contribution in [2.45, 2.75) is 31.6 Å². The third kappa shape index (κ3) is 2.78. The van der Waals surface area contributed by atoms with Crippen LogP contribution in [-0.4, -0.2) is 13.0 Å². The molecule has 2 rings (SSSR count). The molecule has 0 aliphatic carbocycles. The molecular formula is C14H19NO3S. The minimum absolute atomic E-state index is 0. The molecule has 4 nitrogen and oxygen atoms in total. The van der Waals surface area contributed by atoms with Gasteiger partial charge in [0.25, 0.3) is 10.1 Å². The van der Waals surface area contributed by atoms with Crippen molar-refractivity contribution >= 4 is 20.9 Å². The zero-order valence-electron chi connectivity index (χ0n) is 11.2. The Kier molecular flexibility index (Phi) is 4.68. The molecule has 5 heteroatoms. The van der Waals surface area contributed by atoms with E-state index in [2.05, 4.69) is 0 Å². The molecule has 2 aromatic carbocycles. The number of benzene rings is 2. The van der Waals surface area contributed by atoms with Gasteiger partial charge in [0.1, 0.15) is 4.90 Å². The third-order valence-corrected chi connectivity index (χ3v) is 4.17. The van der Waals surface area contributed by atoms with Gasteiger partial charge in [0.2, 0.25) is 0 Å². The van der Waals surface area contributed by atoms with E-state index in [9.17, 15) is 13.0 Å². The third-order valence-electron chi connectivity index (χ3n) is 3.19. The SMILES string of the molecule is CCc1cc2ccccc2c(S(=O)(=O)O)c1CC.N. The second kappa shape index (κ2) is 5.69. The summed E-state index contributed by atoms with van der Waals surface area (Å²) in [5.41, 5.74) is 1.70. The minimum atomic E-state index is -4.20. The van der Waals surface area contributed by atoms with E-state index in [0.29, 0.717) is 11.8 Å². The van der Waals surface area contributed by atoms with E-state index in [1.165, 1.54) is 0 Å². The van der Waals surface area contributed by atoms with E-state index in [1.807, 2.05) is 32.0 Å². The quantitative estimate of drug-likeness (QED) is 0.844. The fourth-order valence-electron chi connectivity index (χ4n) is 2.41. The maximum absolute atomic E-state index is 11.7. The van der Waals surface area contributed by atoms with Gasteiger partial charge in [0.15, 0.2) is 0 Å². The normalized spacial score (nSPS) is 11.3. The number of hydrogen-bond acceptors (Lipinski definition) is 3. The Morgan fingerprint density at radius 2 is 1.74 bits per heavy atom. The van der Waals surface area contributed by atoms with E-state index in [0.717, 1.165) is 22.9 Å². The van der Waals surface area contributed by atoms with Crippen molar-refractivity contribution < 1.29 is 13.0 Å². The summed E-state index contributed by atoms with van der Waals surface area (Å²) in [5, 5.41) is 1.44. The second-order valence-electron chi connectivity index (χ2n) is 4.25. The molecule has 0 unspecified atom stereocenters. The van der Waals surface area contributed by atoms with Gasteiger partial charge in [-0.25, -0.2) is 0 Å². The van der Waals surface area contributed by atoms with Crippen molar-refractivity contribution in [1.82, 2.24) is 6.15 Å². The molecule has 0 saturated carbocycles. The molecule has 0 atom stereocenters. The molecule has 4 N–H and O–H groups in total. The summed E-state index contributed by atoms with van der Waals surface area (Å²) in [6.45, 7) is 3.88. The Morgan fingerprint density at radius 1 is 1.11 bits per heavy atom. The summed E-state index contributed by atoms with van der Waals surface area (Å²) >= 11 is 0. The highest BCUT2D eigenvalue weighted by Gasteiger charge is 2.20. The van der Waals surface area contributed by atoms with E-state index in [4.69, 9.17) is 0 Å². The molecule has 0 saturated heterocycles. The molecule has 0 aromatic heterocycles. The molecule has 0 fully saturated rings. The zero-order valence-corrected chi connectivity index (χ0v) is 12.0. The van der Waals surface area contributed by atoms with Crippen LogP contribution in [0.4, 0.5) is 0 Å². The van der Waals surface area contributed by atoms with Gasteiger partial charge in [-0.1, -0.05) is 44.2 Å². The predicted molar refractivity (Wildman–Crippen MR) is 77.5 cm³/mol.